The van der Waals surface area contributed by atoms with Gasteiger partial charge in [-0.3, -0.25) is 0 Å². The van der Waals surface area contributed by atoms with E-state index in [1.54, 1.807) is 0 Å². The van der Waals surface area contributed by atoms with Crippen molar-refractivity contribution in [3.8, 4) is 11.1 Å². The molecule has 0 spiro atoms. The van der Waals surface area contributed by atoms with Crippen molar-refractivity contribution < 1.29 is 0 Å². The van der Waals surface area contributed by atoms with E-state index >= 15 is 0 Å². The molecule has 0 saturated carbocycles. The van der Waals surface area contributed by atoms with Crippen LogP contribution >= 0.6 is 0 Å². The SMILES string of the molecule is CNc1ccc(-c2cccc(C(C)C)c2)cn1. The summed E-state index contributed by atoms with van der Waals surface area (Å²) >= 11 is 0. The van der Waals surface area contributed by atoms with Crippen LogP contribution in [0, 0.1) is 0 Å². The Labute approximate surface area is 103 Å². The molecule has 0 radical (unpaired) electrons. The highest BCUT2D eigenvalue weighted by Gasteiger charge is 2.02. The van der Waals surface area contributed by atoms with Gasteiger partial charge in [-0.1, -0.05) is 38.1 Å². The molecule has 2 rings (SSSR count). The number of aromatic nitrogens is 1. The highest BCUT2D eigenvalue weighted by Crippen LogP contribution is 2.23. The predicted octanol–water partition coefficient (Wildman–Crippen LogP) is 3.91. The number of rotatable bonds is 3. The zero-order valence-corrected chi connectivity index (χ0v) is 10.6. The van der Waals surface area contributed by atoms with Crippen LogP contribution in [0.2, 0.25) is 0 Å². The summed E-state index contributed by atoms with van der Waals surface area (Å²) in [5.41, 5.74) is 3.75. The fourth-order valence-electron chi connectivity index (χ4n) is 1.79. The van der Waals surface area contributed by atoms with E-state index in [0.717, 1.165) is 11.4 Å². The second-order valence-corrected chi connectivity index (χ2v) is 4.46. The standard InChI is InChI=1S/C15H18N2/c1-11(2)12-5-4-6-13(9-12)14-7-8-15(16-3)17-10-14/h4-11H,1-3H3,(H,16,17). The van der Waals surface area contributed by atoms with Gasteiger partial charge >= 0.3 is 0 Å². The zero-order chi connectivity index (χ0) is 12.3. The Morgan fingerprint density at radius 2 is 1.88 bits per heavy atom. The van der Waals surface area contributed by atoms with E-state index < -0.39 is 0 Å². The van der Waals surface area contributed by atoms with Crippen LogP contribution in [0.15, 0.2) is 42.6 Å². The second-order valence-electron chi connectivity index (χ2n) is 4.46. The maximum absolute atomic E-state index is 4.34. The van der Waals surface area contributed by atoms with E-state index in [0.29, 0.717) is 5.92 Å². The Morgan fingerprint density at radius 1 is 1.06 bits per heavy atom. The van der Waals surface area contributed by atoms with Gasteiger partial charge in [-0.25, -0.2) is 4.98 Å². The molecule has 1 heterocycles. The average molecular weight is 226 g/mol. The van der Waals surface area contributed by atoms with Crippen molar-refractivity contribution >= 4 is 5.82 Å². The molecular weight excluding hydrogens is 208 g/mol. The van der Waals surface area contributed by atoms with Gasteiger partial charge in [0.25, 0.3) is 0 Å². The van der Waals surface area contributed by atoms with Crippen LogP contribution in [0.1, 0.15) is 25.3 Å². The van der Waals surface area contributed by atoms with E-state index in [2.05, 4.69) is 54.5 Å². The highest BCUT2D eigenvalue weighted by atomic mass is 14.9. The molecule has 2 heteroatoms. The fraction of sp³-hybridized carbons (Fsp3) is 0.267. The zero-order valence-electron chi connectivity index (χ0n) is 10.6. The number of hydrogen-bond acceptors (Lipinski definition) is 2. The van der Waals surface area contributed by atoms with Gasteiger partial charge in [0, 0.05) is 18.8 Å². The average Bonchev–Trinajstić information content (AvgIpc) is 2.39. The molecule has 0 aliphatic heterocycles. The lowest BCUT2D eigenvalue weighted by Crippen LogP contribution is -1.92. The molecule has 1 aromatic heterocycles. The van der Waals surface area contributed by atoms with Crippen molar-refractivity contribution in [1.29, 1.82) is 0 Å². The predicted molar refractivity (Wildman–Crippen MR) is 73.3 cm³/mol. The summed E-state index contributed by atoms with van der Waals surface area (Å²) in [6, 6.07) is 12.7. The first-order valence-corrected chi connectivity index (χ1v) is 5.95. The first-order valence-electron chi connectivity index (χ1n) is 5.95. The lowest BCUT2D eigenvalue weighted by Gasteiger charge is -2.08. The lowest BCUT2D eigenvalue weighted by molar-refractivity contribution is 0.867. The maximum Gasteiger partial charge on any atom is 0.125 e. The number of benzene rings is 1. The van der Waals surface area contributed by atoms with Gasteiger partial charge in [0.2, 0.25) is 0 Å². The number of pyridine rings is 1. The summed E-state index contributed by atoms with van der Waals surface area (Å²) in [6.07, 6.45) is 1.91. The van der Waals surface area contributed by atoms with Gasteiger partial charge in [0.15, 0.2) is 0 Å². The van der Waals surface area contributed by atoms with E-state index in [1.165, 1.54) is 11.1 Å². The molecule has 88 valence electrons. The van der Waals surface area contributed by atoms with E-state index in [1.807, 2.05) is 19.3 Å². The Balaban J connectivity index is 2.35. The molecule has 1 N–H and O–H groups in total. The third kappa shape index (κ3) is 2.64. The van der Waals surface area contributed by atoms with Gasteiger partial charge in [0.05, 0.1) is 0 Å². The molecule has 0 fully saturated rings. The van der Waals surface area contributed by atoms with Crippen LogP contribution in [0.3, 0.4) is 0 Å². The Kier molecular flexibility index (Phi) is 3.43. The third-order valence-electron chi connectivity index (χ3n) is 2.91. The van der Waals surface area contributed by atoms with E-state index in [-0.39, 0.29) is 0 Å². The minimum absolute atomic E-state index is 0.555. The molecule has 0 aliphatic carbocycles. The van der Waals surface area contributed by atoms with Crippen LogP contribution in [-0.4, -0.2) is 12.0 Å². The van der Waals surface area contributed by atoms with Gasteiger partial charge in [-0.15, -0.1) is 0 Å². The van der Waals surface area contributed by atoms with Crippen molar-refractivity contribution in [3.63, 3.8) is 0 Å². The Morgan fingerprint density at radius 3 is 2.47 bits per heavy atom. The summed E-state index contributed by atoms with van der Waals surface area (Å²) in [5.74, 6) is 1.45. The van der Waals surface area contributed by atoms with Crippen molar-refractivity contribution in [1.82, 2.24) is 4.98 Å². The number of anilines is 1. The van der Waals surface area contributed by atoms with Crippen molar-refractivity contribution in [3.05, 3.63) is 48.2 Å². The smallest absolute Gasteiger partial charge is 0.125 e. The molecular formula is C15H18N2. The van der Waals surface area contributed by atoms with Crippen LogP contribution in [0.25, 0.3) is 11.1 Å². The van der Waals surface area contributed by atoms with Crippen LogP contribution in [-0.2, 0) is 0 Å². The number of nitrogens with zero attached hydrogens (tertiary/aromatic N) is 1. The van der Waals surface area contributed by atoms with Crippen LogP contribution in [0.5, 0.6) is 0 Å². The monoisotopic (exact) mass is 226 g/mol. The first-order chi connectivity index (χ1) is 8.20. The first kappa shape index (κ1) is 11.6. The van der Waals surface area contributed by atoms with Gasteiger partial charge in [-0.05, 0) is 29.2 Å². The summed E-state index contributed by atoms with van der Waals surface area (Å²) in [4.78, 5) is 4.34. The van der Waals surface area contributed by atoms with Crippen molar-refractivity contribution in [2.45, 2.75) is 19.8 Å². The molecule has 0 saturated heterocycles. The maximum atomic E-state index is 4.34. The summed E-state index contributed by atoms with van der Waals surface area (Å²) in [7, 11) is 1.88. The highest BCUT2D eigenvalue weighted by molar-refractivity contribution is 5.64. The summed E-state index contributed by atoms with van der Waals surface area (Å²) in [5, 5.41) is 3.02. The molecule has 1 aromatic carbocycles. The van der Waals surface area contributed by atoms with Crippen LogP contribution < -0.4 is 5.32 Å². The van der Waals surface area contributed by atoms with Gasteiger partial charge in [0.1, 0.15) is 5.82 Å². The largest absolute Gasteiger partial charge is 0.373 e. The van der Waals surface area contributed by atoms with Gasteiger partial charge in [-0.2, -0.15) is 0 Å². The molecule has 2 aromatic rings. The topological polar surface area (TPSA) is 24.9 Å². The minimum atomic E-state index is 0.555. The molecule has 0 aliphatic rings. The molecule has 2 nitrogen and oxygen atoms in total. The molecule has 17 heavy (non-hydrogen) atoms. The second kappa shape index (κ2) is 5.00. The molecule has 0 atom stereocenters. The third-order valence-corrected chi connectivity index (χ3v) is 2.91. The fourth-order valence-corrected chi connectivity index (χ4v) is 1.79. The van der Waals surface area contributed by atoms with Gasteiger partial charge < -0.3 is 5.32 Å². The Bertz CT molecular complexity index is 487. The Hall–Kier alpha value is -1.83. The molecule has 0 amide bonds. The van der Waals surface area contributed by atoms with E-state index in [4.69, 9.17) is 0 Å². The number of hydrogen-bond donors (Lipinski definition) is 1. The van der Waals surface area contributed by atoms with Crippen molar-refractivity contribution in [2.24, 2.45) is 0 Å². The van der Waals surface area contributed by atoms with Crippen LogP contribution in [0.4, 0.5) is 5.82 Å². The molecule has 0 bridgehead atoms. The molecule has 0 unspecified atom stereocenters. The van der Waals surface area contributed by atoms with E-state index in [9.17, 15) is 0 Å². The summed E-state index contributed by atoms with van der Waals surface area (Å²) < 4.78 is 0. The normalized spacial score (nSPS) is 10.6. The lowest BCUT2D eigenvalue weighted by atomic mass is 9.98. The quantitative estimate of drug-likeness (QED) is 0.858. The minimum Gasteiger partial charge on any atom is -0.373 e. The summed E-state index contributed by atoms with van der Waals surface area (Å²) in [6.45, 7) is 4.42. The van der Waals surface area contributed by atoms with Crippen molar-refractivity contribution in [2.75, 3.05) is 12.4 Å². The number of nitrogens with one attached hydrogen (secondary N) is 1.